The summed E-state index contributed by atoms with van der Waals surface area (Å²) in [6.45, 7) is 0.861. The van der Waals surface area contributed by atoms with E-state index in [0.717, 1.165) is 21.6 Å². The fraction of sp³-hybridized carbons (Fsp3) is 0.231. The molecule has 3 N–H and O–H groups in total. The van der Waals surface area contributed by atoms with Crippen molar-refractivity contribution in [2.24, 2.45) is 0 Å². The van der Waals surface area contributed by atoms with Gasteiger partial charge in [0.1, 0.15) is 5.69 Å². The molecule has 104 valence electrons. The number of fused-ring (bicyclic) bond motifs is 1. The van der Waals surface area contributed by atoms with Crippen molar-refractivity contribution in [3.05, 3.63) is 40.7 Å². The summed E-state index contributed by atoms with van der Waals surface area (Å²) in [7, 11) is 1.62. The minimum absolute atomic E-state index is 0.128. The van der Waals surface area contributed by atoms with Gasteiger partial charge in [0.25, 0.3) is 5.91 Å². The molecule has 0 saturated carbocycles. The molecule has 0 bridgehead atoms. The van der Waals surface area contributed by atoms with E-state index in [2.05, 4.69) is 20.5 Å². The van der Waals surface area contributed by atoms with Gasteiger partial charge in [-0.3, -0.25) is 9.89 Å². The summed E-state index contributed by atoms with van der Waals surface area (Å²) < 4.78 is 6.07. The van der Waals surface area contributed by atoms with E-state index in [0.29, 0.717) is 18.8 Å². The highest BCUT2D eigenvalue weighted by Crippen LogP contribution is 2.21. The molecule has 0 spiro atoms. The first-order valence-corrected chi connectivity index (χ1v) is 7.01. The van der Waals surface area contributed by atoms with E-state index < -0.39 is 0 Å². The fourth-order valence-corrected chi connectivity index (χ4v) is 2.75. The van der Waals surface area contributed by atoms with Gasteiger partial charge in [0, 0.05) is 7.11 Å². The Morgan fingerprint density at radius 1 is 1.50 bits per heavy atom. The van der Waals surface area contributed by atoms with Crippen LogP contribution in [0.1, 0.15) is 21.9 Å². The van der Waals surface area contributed by atoms with E-state index in [1.807, 2.05) is 23.6 Å². The van der Waals surface area contributed by atoms with E-state index in [9.17, 15) is 4.79 Å². The van der Waals surface area contributed by atoms with Crippen LogP contribution in [-0.2, 0) is 17.9 Å². The molecule has 1 amide bonds. The van der Waals surface area contributed by atoms with E-state index in [1.165, 1.54) is 0 Å². The lowest BCUT2D eigenvalue weighted by Gasteiger charge is -2.00. The number of nitrogens with zero attached hydrogens (tertiary/aromatic N) is 1. The van der Waals surface area contributed by atoms with Gasteiger partial charge < -0.3 is 15.0 Å². The Kier molecular flexibility index (Phi) is 3.53. The van der Waals surface area contributed by atoms with Crippen molar-refractivity contribution < 1.29 is 9.53 Å². The van der Waals surface area contributed by atoms with Crippen LogP contribution in [0, 0.1) is 0 Å². The van der Waals surface area contributed by atoms with Gasteiger partial charge in [0.15, 0.2) is 0 Å². The lowest BCUT2D eigenvalue weighted by Crippen LogP contribution is -2.23. The number of H-pyrrole nitrogens is 2. The number of aromatic nitrogens is 3. The zero-order chi connectivity index (χ0) is 13.9. The Bertz CT molecular complexity index is 699. The van der Waals surface area contributed by atoms with Crippen molar-refractivity contribution in [1.82, 2.24) is 20.5 Å². The van der Waals surface area contributed by atoms with Gasteiger partial charge in [-0.2, -0.15) is 5.10 Å². The highest BCUT2D eigenvalue weighted by atomic mass is 32.1. The summed E-state index contributed by atoms with van der Waals surface area (Å²) in [4.78, 5) is 15.1. The third kappa shape index (κ3) is 2.59. The second-order valence-electron chi connectivity index (χ2n) is 4.38. The Morgan fingerprint density at radius 2 is 2.40 bits per heavy atom. The lowest BCUT2D eigenvalue weighted by atomic mass is 10.3. The first kappa shape index (κ1) is 12.9. The third-order valence-corrected chi connectivity index (χ3v) is 3.76. The maximum absolute atomic E-state index is 12.0. The molecule has 0 aliphatic rings. The second-order valence-corrected chi connectivity index (χ2v) is 5.33. The van der Waals surface area contributed by atoms with Crippen LogP contribution in [0.2, 0.25) is 0 Å². The number of rotatable bonds is 5. The van der Waals surface area contributed by atoms with Crippen molar-refractivity contribution >= 4 is 27.5 Å². The number of hydrogen-bond acceptors (Lipinski definition) is 4. The van der Waals surface area contributed by atoms with Gasteiger partial charge in [-0.15, -0.1) is 11.3 Å². The number of methoxy groups -OCH3 is 1. The largest absolute Gasteiger partial charge is 0.378 e. The van der Waals surface area contributed by atoms with Crippen molar-refractivity contribution in [3.8, 4) is 0 Å². The van der Waals surface area contributed by atoms with Crippen LogP contribution < -0.4 is 5.32 Å². The number of amides is 1. The molecule has 3 aromatic rings. The first-order valence-electron chi connectivity index (χ1n) is 6.13. The SMILES string of the molecule is COCc1cc(CNC(=O)c2cc3sccc3[nH]2)[nH]n1. The molecule has 3 aromatic heterocycles. The van der Waals surface area contributed by atoms with Gasteiger partial charge in [-0.05, 0) is 23.6 Å². The normalized spacial score (nSPS) is 11.1. The summed E-state index contributed by atoms with van der Waals surface area (Å²) >= 11 is 1.61. The molecular formula is C13H14N4O2S. The molecule has 0 atom stereocenters. The minimum Gasteiger partial charge on any atom is -0.378 e. The molecule has 7 heteroatoms. The Balaban J connectivity index is 1.62. The number of aromatic amines is 2. The van der Waals surface area contributed by atoms with E-state index in [-0.39, 0.29) is 5.91 Å². The smallest absolute Gasteiger partial charge is 0.268 e. The summed E-state index contributed by atoms with van der Waals surface area (Å²) in [5.74, 6) is -0.128. The quantitative estimate of drug-likeness (QED) is 0.672. The van der Waals surface area contributed by atoms with Crippen LogP contribution in [0.25, 0.3) is 10.2 Å². The summed E-state index contributed by atoms with van der Waals surface area (Å²) in [5.41, 5.74) is 3.23. The zero-order valence-electron chi connectivity index (χ0n) is 10.9. The first-order chi connectivity index (χ1) is 9.76. The van der Waals surface area contributed by atoms with Crippen LogP contribution in [0.4, 0.5) is 0 Å². The monoisotopic (exact) mass is 290 g/mol. The maximum atomic E-state index is 12.0. The van der Waals surface area contributed by atoms with Gasteiger partial charge in [0.05, 0.1) is 34.8 Å². The highest BCUT2D eigenvalue weighted by Gasteiger charge is 2.10. The van der Waals surface area contributed by atoms with E-state index in [1.54, 1.807) is 18.4 Å². The minimum atomic E-state index is -0.128. The highest BCUT2D eigenvalue weighted by molar-refractivity contribution is 7.17. The standard InChI is InChI=1S/C13H14N4O2S/c1-19-7-9-4-8(16-17-9)6-14-13(18)11-5-12-10(15-11)2-3-20-12/h2-5,15H,6-7H2,1H3,(H,14,18)(H,16,17). The molecule has 0 radical (unpaired) electrons. The van der Waals surface area contributed by atoms with Gasteiger partial charge in [-0.1, -0.05) is 0 Å². The Labute approximate surface area is 119 Å². The molecule has 0 unspecified atom stereocenters. The van der Waals surface area contributed by atoms with Crippen molar-refractivity contribution in [2.75, 3.05) is 7.11 Å². The van der Waals surface area contributed by atoms with Crippen molar-refractivity contribution in [1.29, 1.82) is 0 Å². The van der Waals surface area contributed by atoms with Crippen LogP contribution in [-0.4, -0.2) is 28.2 Å². The number of carbonyl (C=O) groups is 1. The Hall–Kier alpha value is -2.12. The molecule has 3 heterocycles. The fourth-order valence-electron chi connectivity index (χ4n) is 1.96. The number of thiophene rings is 1. The topological polar surface area (TPSA) is 82.8 Å². The van der Waals surface area contributed by atoms with E-state index in [4.69, 9.17) is 4.74 Å². The molecule has 0 aliphatic heterocycles. The maximum Gasteiger partial charge on any atom is 0.268 e. The number of nitrogens with one attached hydrogen (secondary N) is 3. The van der Waals surface area contributed by atoms with Crippen molar-refractivity contribution in [2.45, 2.75) is 13.2 Å². The molecule has 0 fully saturated rings. The number of carbonyl (C=O) groups excluding carboxylic acids is 1. The summed E-state index contributed by atoms with van der Waals surface area (Å²) in [6.07, 6.45) is 0. The van der Waals surface area contributed by atoms with Gasteiger partial charge in [0.2, 0.25) is 0 Å². The van der Waals surface area contributed by atoms with Crippen LogP contribution in [0.15, 0.2) is 23.6 Å². The zero-order valence-corrected chi connectivity index (χ0v) is 11.7. The summed E-state index contributed by atoms with van der Waals surface area (Å²) in [6, 6.07) is 5.69. The molecule has 6 nitrogen and oxygen atoms in total. The number of ether oxygens (including phenoxy) is 1. The molecule has 20 heavy (non-hydrogen) atoms. The van der Waals surface area contributed by atoms with Gasteiger partial charge in [-0.25, -0.2) is 0 Å². The average Bonchev–Trinajstić information content (AvgIpc) is 3.11. The average molecular weight is 290 g/mol. The van der Waals surface area contributed by atoms with Gasteiger partial charge >= 0.3 is 0 Å². The van der Waals surface area contributed by atoms with Crippen LogP contribution in [0.3, 0.4) is 0 Å². The molecule has 0 aliphatic carbocycles. The molecule has 0 saturated heterocycles. The van der Waals surface area contributed by atoms with E-state index >= 15 is 0 Å². The predicted octanol–water partition coefficient (Wildman–Crippen LogP) is 2.03. The summed E-state index contributed by atoms with van der Waals surface area (Å²) in [5, 5.41) is 11.8. The third-order valence-electron chi connectivity index (χ3n) is 2.90. The lowest BCUT2D eigenvalue weighted by molar-refractivity contribution is 0.0946. The molecule has 3 rings (SSSR count). The molecular weight excluding hydrogens is 276 g/mol. The predicted molar refractivity (Wildman–Crippen MR) is 76.6 cm³/mol. The second kappa shape index (κ2) is 5.48. The van der Waals surface area contributed by atoms with Crippen LogP contribution in [0.5, 0.6) is 0 Å². The van der Waals surface area contributed by atoms with Crippen molar-refractivity contribution in [3.63, 3.8) is 0 Å². The molecule has 0 aromatic carbocycles. The Morgan fingerprint density at radius 3 is 3.20 bits per heavy atom. The van der Waals surface area contributed by atoms with Crippen LogP contribution >= 0.6 is 11.3 Å². The number of hydrogen-bond donors (Lipinski definition) is 3.